The number of nitrogens with zero attached hydrogens (tertiary/aromatic N) is 2. The van der Waals surface area contributed by atoms with Gasteiger partial charge < -0.3 is 19.8 Å². The van der Waals surface area contributed by atoms with Crippen molar-refractivity contribution >= 4 is 17.4 Å². The van der Waals surface area contributed by atoms with Crippen molar-refractivity contribution in [2.24, 2.45) is 0 Å². The zero-order valence-electron chi connectivity index (χ0n) is 15.1. The molecule has 2 aliphatic rings. The van der Waals surface area contributed by atoms with Crippen LogP contribution in [-0.4, -0.2) is 23.2 Å². The van der Waals surface area contributed by atoms with Gasteiger partial charge in [0.2, 0.25) is 11.6 Å². The highest BCUT2D eigenvalue weighted by Gasteiger charge is 2.38. The summed E-state index contributed by atoms with van der Waals surface area (Å²) in [5, 5.41) is 14.4. The number of allylic oxidation sites excluding steroid dienone is 1. The zero-order valence-corrected chi connectivity index (χ0v) is 15.1. The van der Waals surface area contributed by atoms with Crippen molar-refractivity contribution in [3.8, 4) is 5.75 Å². The molecule has 3 heterocycles. The quantitative estimate of drug-likeness (QED) is 0.712. The summed E-state index contributed by atoms with van der Waals surface area (Å²) in [6, 6.07) is 11.0. The Morgan fingerprint density at radius 2 is 2.04 bits per heavy atom. The molecule has 1 aromatic carbocycles. The molecule has 2 N–H and O–H groups in total. The molecular formula is C20H18N4O4. The number of carbonyl (C=O) groups excluding carboxylic acids is 1. The highest BCUT2D eigenvalue weighted by molar-refractivity contribution is 6.00. The number of carbonyl (C=O) groups is 1. The van der Waals surface area contributed by atoms with E-state index in [1.807, 2.05) is 36.4 Å². The number of rotatable bonds is 3. The standard InChI is InChI=1S/C20H18N4O4/c1-26-13-5-2-4-11(8-13)18-17-14(21-19-20(22-18)24-28-23-19)9-12(10-15(17)25)16-6-3-7-27-16/h2-8,12,18H,9-10H2,1H3,(H,21,23)(H,22,24)/t12-,18+/m1/s1. The fourth-order valence-electron chi connectivity index (χ4n) is 3.90. The second-order valence-electron chi connectivity index (χ2n) is 6.88. The summed E-state index contributed by atoms with van der Waals surface area (Å²) in [6.07, 6.45) is 2.64. The Kier molecular flexibility index (Phi) is 3.89. The van der Waals surface area contributed by atoms with Gasteiger partial charge in [-0.25, -0.2) is 4.63 Å². The molecular weight excluding hydrogens is 360 g/mol. The summed E-state index contributed by atoms with van der Waals surface area (Å²) in [7, 11) is 1.62. The number of ketones is 1. The molecule has 0 spiro atoms. The van der Waals surface area contributed by atoms with Gasteiger partial charge in [-0.2, -0.15) is 0 Å². The van der Waals surface area contributed by atoms with Gasteiger partial charge in [0.05, 0.1) is 19.4 Å². The van der Waals surface area contributed by atoms with Crippen LogP contribution in [0.5, 0.6) is 5.75 Å². The van der Waals surface area contributed by atoms with Crippen molar-refractivity contribution in [3.05, 3.63) is 65.3 Å². The Hall–Kier alpha value is -3.55. The van der Waals surface area contributed by atoms with Crippen LogP contribution in [0.15, 0.2) is 63.0 Å². The van der Waals surface area contributed by atoms with Crippen LogP contribution in [0.4, 0.5) is 11.6 Å². The number of Topliss-reactive ketones (excluding diaryl/α,β-unsaturated/α-hetero) is 1. The summed E-state index contributed by atoms with van der Waals surface area (Å²) in [6.45, 7) is 0. The lowest BCUT2D eigenvalue weighted by Gasteiger charge is -2.28. The SMILES string of the molecule is COc1cccc([C@@H]2Nc3nonc3NC3=C2C(=O)C[C@H](c2ccco2)C3)c1. The normalized spacial score (nSPS) is 21.2. The summed E-state index contributed by atoms with van der Waals surface area (Å²) >= 11 is 0. The number of aromatic nitrogens is 2. The number of hydrogen-bond acceptors (Lipinski definition) is 8. The first-order valence-electron chi connectivity index (χ1n) is 9.02. The monoisotopic (exact) mass is 378 g/mol. The Labute approximate surface area is 160 Å². The van der Waals surface area contributed by atoms with Crippen LogP contribution < -0.4 is 15.4 Å². The van der Waals surface area contributed by atoms with E-state index in [9.17, 15) is 4.79 Å². The van der Waals surface area contributed by atoms with E-state index in [2.05, 4.69) is 20.9 Å². The smallest absolute Gasteiger partial charge is 0.219 e. The van der Waals surface area contributed by atoms with Gasteiger partial charge in [0.15, 0.2) is 5.78 Å². The molecule has 0 fully saturated rings. The molecule has 28 heavy (non-hydrogen) atoms. The Morgan fingerprint density at radius 3 is 2.86 bits per heavy atom. The first-order chi connectivity index (χ1) is 13.7. The molecule has 1 aliphatic heterocycles. The lowest BCUT2D eigenvalue weighted by atomic mass is 9.80. The van der Waals surface area contributed by atoms with E-state index in [0.717, 1.165) is 17.0 Å². The second-order valence-corrected chi connectivity index (χ2v) is 6.88. The summed E-state index contributed by atoms with van der Waals surface area (Å²) in [4.78, 5) is 13.2. The molecule has 142 valence electrons. The highest BCUT2D eigenvalue weighted by Crippen LogP contribution is 2.43. The molecule has 1 aliphatic carbocycles. The van der Waals surface area contributed by atoms with E-state index in [4.69, 9.17) is 13.8 Å². The summed E-state index contributed by atoms with van der Waals surface area (Å²) in [5.41, 5.74) is 2.37. The predicted octanol–water partition coefficient (Wildman–Crippen LogP) is 3.65. The largest absolute Gasteiger partial charge is 0.497 e. The van der Waals surface area contributed by atoms with Crippen LogP contribution in [-0.2, 0) is 4.79 Å². The number of methoxy groups -OCH3 is 1. The molecule has 0 saturated heterocycles. The minimum atomic E-state index is -0.393. The number of nitrogens with one attached hydrogen (secondary N) is 2. The Balaban J connectivity index is 1.61. The lowest BCUT2D eigenvalue weighted by Crippen LogP contribution is -2.27. The maximum absolute atomic E-state index is 13.2. The molecule has 5 rings (SSSR count). The fourth-order valence-corrected chi connectivity index (χ4v) is 3.90. The van der Waals surface area contributed by atoms with Crippen LogP contribution in [0.1, 0.15) is 36.1 Å². The first-order valence-corrected chi connectivity index (χ1v) is 9.02. The molecule has 8 nitrogen and oxygen atoms in total. The maximum atomic E-state index is 13.2. The van der Waals surface area contributed by atoms with Gasteiger partial charge in [-0.15, -0.1) is 0 Å². The van der Waals surface area contributed by atoms with Crippen molar-refractivity contribution in [3.63, 3.8) is 0 Å². The number of hydrogen-bond donors (Lipinski definition) is 2. The maximum Gasteiger partial charge on any atom is 0.219 e. The topological polar surface area (TPSA) is 102 Å². The van der Waals surface area contributed by atoms with Crippen LogP contribution in [0.25, 0.3) is 0 Å². The molecule has 0 amide bonds. The first kappa shape index (κ1) is 16.6. The number of ether oxygens (including phenoxy) is 1. The van der Waals surface area contributed by atoms with Crippen molar-refractivity contribution in [1.29, 1.82) is 0 Å². The van der Waals surface area contributed by atoms with E-state index < -0.39 is 6.04 Å². The molecule has 0 bridgehead atoms. The van der Waals surface area contributed by atoms with Gasteiger partial charge in [-0.3, -0.25) is 4.79 Å². The molecule has 2 aromatic heterocycles. The molecule has 2 atom stereocenters. The molecule has 3 aromatic rings. The van der Waals surface area contributed by atoms with Crippen LogP contribution in [0.2, 0.25) is 0 Å². The van der Waals surface area contributed by atoms with Crippen molar-refractivity contribution in [1.82, 2.24) is 10.3 Å². The van der Waals surface area contributed by atoms with E-state index in [-0.39, 0.29) is 11.7 Å². The Bertz CT molecular complexity index is 1050. The van der Waals surface area contributed by atoms with Gasteiger partial charge in [0.1, 0.15) is 11.5 Å². The number of furan rings is 1. The van der Waals surface area contributed by atoms with Crippen molar-refractivity contribution < 1.29 is 18.6 Å². The average molecular weight is 378 g/mol. The minimum absolute atomic E-state index is 0.0267. The highest BCUT2D eigenvalue weighted by atomic mass is 16.6. The van der Waals surface area contributed by atoms with E-state index >= 15 is 0 Å². The average Bonchev–Trinajstić information content (AvgIpc) is 3.37. The van der Waals surface area contributed by atoms with Crippen LogP contribution in [0, 0.1) is 0 Å². The van der Waals surface area contributed by atoms with E-state index in [0.29, 0.717) is 35.8 Å². The summed E-state index contributed by atoms with van der Waals surface area (Å²) in [5.74, 6) is 2.47. The number of fused-ring (bicyclic) bond motifs is 1. The van der Waals surface area contributed by atoms with Crippen molar-refractivity contribution in [2.75, 3.05) is 17.7 Å². The van der Waals surface area contributed by atoms with Crippen LogP contribution >= 0.6 is 0 Å². The van der Waals surface area contributed by atoms with E-state index in [1.54, 1.807) is 13.4 Å². The van der Waals surface area contributed by atoms with Gasteiger partial charge >= 0.3 is 0 Å². The molecule has 0 saturated carbocycles. The number of benzene rings is 1. The van der Waals surface area contributed by atoms with Gasteiger partial charge in [0.25, 0.3) is 0 Å². The van der Waals surface area contributed by atoms with Gasteiger partial charge in [0, 0.05) is 23.6 Å². The van der Waals surface area contributed by atoms with Gasteiger partial charge in [-0.05, 0) is 46.6 Å². The molecule has 8 heteroatoms. The van der Waals surface area contributed by atoms with Crippen molar-refractivity contribution in [2.45, 2.75) is 24.8 Å². The molecule has 0 unspecified atom stereocenters. The second kappa shape index (κ2) is 6.56. The fraction of sp³-hybridized carbons (Fsp3) is 0.250. The summed E-state index contributed by atoms with van der Waals surface area (Å²) < 4.78 is 15.8. The third kappa shape index (κ3) is 2.74. The Morgan fingerprint density at radius 1 is 1.14 bits per heavy atom. The lowest BCUT2D eigenvalue weighted by molar-refractivity contribution is -0.116. The minimum Gasteiger partial charge on any atom is -0.497 e. The van der Waals surface area contributed by atoms with E-state index in [1.165, 1.54) is 0 Å². The number of anilines is 2. The van der Waals surface area contributed by atoms with Gasteiger partial charge in [-0.1, -0.05) is 12.1 Å². The third-order valence-electron chi connectivity index (χ3n) is 5.21. The van der Waals surface area contributed by atoms with Crippen LogP contribution in [0.3, 0.4) is 0 Å². The zero-order chi connectivity index (χ0) is 19.1. The predicted molar refractivity (Wildman–Crippen MR) is 100.0 cm³/mol. The molecule has 0 radical (unpaired) electrons. The third-order valence-corrected chi connectivity index (χ3v) is 5.21.